The van der Waals surface area contributed by atoms with E-state index >= 15 is 0 Å². The van der Waals surface area contributed by atoms with Crippen molar-refractivity contribution in [2.75, 3.05) is 19.6 Å². The summed E-state index contributed by atoms with van der Waals surface area (Å²) in [6, 6.07) is 5.53. The van der Waals surface area contributed by atoms with Crippen LogP contribution in [-0.4, -0.2) is 46.5 Å². The Morgan fingerprint density at radius 1 is 1.32 bits per heavy atom. The third-order valence-electron chi connectivity index (χ3n) is 5.90. The molecule has 4 heterocycles. The molecule has 1 saturated heterocycles. The molecule has 3 aliphatic heterocycles. The van der Waals surface area contributed by atoms with Crippen LogP contribution in [0.15, 0.2) is 24.4 Å². The summed E-state index contributed by atoms with van der Waals surface area (Å²) in [4.78, 5) is 24.5. The van der Waals surface area contributed by atoms with Gasteiger partial charge >= 0.3 is 0 Å². The van der Waals surface area contributed by atoms with E-state index in [1.54, 1.807) is 6.07 Å². The lowest BCUT2D eigenvalue weighted by atomic mass is 9.95. The van der Waals surface area contributed by atoms with Crippen molar-refractivity contribution in [1.29, 1.82) is 0 Å². The molecular weight excluding hydrogens is 376 g/mol. The van der Waals surface area contributed by atoms with Crippen LogP contribution in [0, 0.1) is 0 Å². The quantitative estimate of drug-likeness (QED) is 0.841. The molecule has 1 fully saturated rings. The number of nitrogens with one attached hydrogen (secondary N) is 1. The van der Waals surface area contributed by atoms with E-state index in [-0.39, 0.29) is 11.8 Å². The number of halogens is 1. The number of ether oxygens (including phenoxy) is 1. The molecule has 1 aromatic heterocycles. The summed E-state index contributed by atoms with van der Waals surface area (Å²) in [6.07, 6.45) is 4.99. The number of likely N-dealkylation sites (tertiary alicyclic amines) is 1. The molecule has 5 rings (SSSR count). The van der Waals surface area contributed by atoms with Crippen molar-refractivity contribution in [1.82, 2.24) is 20.2 Å². The Bertz CT molecular complexity index is 919. The lowest BCUT2D eigenvalue weighted by Crippen LogP contribution is -2.46. The average Bonchev–Trinajstić information content (AvgIpc) is 3.16. The number of piperidine rings is 1. The van der Waals surface area contributed by atoms with Crippen molar-refractivity contribution in [2.24, 2.45) is 0 Å². The molecule has 7 heteroatoms. The van der Waals surface area contributed by atoms with Crippen molar-refractivity contribution in [3.05, 3.63) is 52.1 Å². The molecule has 6 nitrogen and oxygen atoms in total. The highest BCUT2D eigenvalue weighted by Gasteiger charge is 2.35. The van der Waals surface area contributed by atoms with Gasteiger partial charge in [-0.05, 0) is 36.6 Å². The van der Waals surface area contributed by atoms with Gasteiger partial charge in [0.15, 0.2) is 6.10 Å². The van der Waals surface area contributed by atoms with Crippen molar-refractivity contribution < 1.29 is 9.53 Å². The Morgan fingerprint density at radius 3 is 3.18 bits per heavy atom. The smallest absolute Gasteiger partial charge is 0.264 e. The Kier molecular flexibility index (Phi) is 4.69. The van der Waals surface area contributed by atoms with E-state index < -0.39 is 6.10 Å². The van der Waals surface area contributed by atoms with Gasteiger partial charge in [-0.2, -0.15) is 0 Å². The fourth-order valence-electron chi connectivity index (χ4n) is 4.39. The molecule has 3 aliphatic rings. The predicted octanol–water partition coefficient (Wildman–Crippen LogP) is 2.49. The van der Waals surface area contributed by atoms with Gasteiger partial charge in [0.05, 0.1) is 0 Å². The topological polar surface area (TPSA) is 67.3 Å². The number of hydrogen-bond donors (Lipinski definition) is 1. The number of hydrogen-bond acceptors (Lipinski definition) is 5. The van der Waals surface area contributed by atoms with Gasteiger partial charge in [-0.3, -0.25) is 4.79 Å². The van der Waals surface area contributed by atoms with E-state index in [4.69, 9.17) is 21.3 Å². The Hall–Kier alpha value is -2.18. The molecule has 28 heavy (non-hydrogen) atoms. The molecule has 0 spiro atoms. The summed E-state index contributed by atoms with van der Waals surface area (Å²) in [7, 11) is 0. The maximum Gasteiger partial charge on any atom is 0.264 e. The second-order valence-corrected chi connectivity index (χ2v) is 8.25. The number of fused-ring (bicyclic) bond motifs is 2. The molecule has 2 aromatic rings. The fraction of sp³-hybridized carbons (Fsp3) is 0.476. The zero-order chi connectivity index (χ0) is 19.1. The van der Waals surface area contributed by atoms with Crippen molar-refractivity contribution in [3.63, 3.8) is 0 Å². The second kappa shape index (κ2) is 7.33. The largest absolute Gasteiger partial charge is 0.480 e. The van der Waals surface area contributed by atoms with E-state index in [9.17, 15) is 4.79 Å². The molecule has 1 amide bonds. The summed E-state index contributed by atoms with van der Waals surface area (Å²) in [5.41, 5.74) is 3.35. The van der Waals surface area contributed by atoms with E-state index in [1.165, 1.54) is 5.56 Å². The van der Waals surface area contributed by atoms with Gasteiger partial charge in [-0.1, -0.05) is 11.6 Å². The predicted molar refractivity (Wildman–Crippen MR) is 106 cm³/mol. The summed E-state index contributed by atoms with van der Waals surface area (Å²) in [6.45, 7) is 3.23. The van der Waals surface area contributed by atoms with Crippen molar-refractivity contribution in [2.45, 2.75) is 44.2 Å². The van der Waals surface area contributed by atoms with Gasteiger partial charge < -0.3 is 15.0 Å². The van der Waals surface area contributed by atoms with Crippen LogP contribution in [0.2, 0.25) is 5.02 Å². The van der Waals surface area contributed by atoms with E-state index in [1.807, 2.05) is 23.2 Å². The minimum Gasteiger partial charge on any atom is -0.480 e. The van der Waals surface area contributed by atoms with E-state index in [0.717, 1.165) is 61.7 Å². The standard InChI is InChI=1S/C21H23ClN4O2/c22-16-3-4-18-14(8-16)9-19(28-18)21(27)26-7-1-2-13(12-26)20-24-11-15-10-23-6-5-17(15)25-20/h3-4,8,11,13,19,23H,1-2,5-7,9-10,12H2/t13-,19+/m1/s1. The molecule has 2 atom stereocenters. The molecule has 0 radical (unpaired) electrons. The normalized spacial score (nSPS) is 23.7. The lowest BCUT2D eigenvalue weighted by molar-refractivity contribution is -0.139. The van der Waals surface area contributed by atoms with E-state index in [0.29, 0.717) is 18.0 Å². The van der Waals surface area contributed by atoms with Gasteiger partial charge in [0.1, 0.15) is 11.6 Å². The van der Waals surface area contributed by atoms with E-state index in [2.05, 4.69) is 10.3 Å². The maximum absolute atomic E-state index is 13.1. The highest BCUT2D eigenvalue weighted by Crippen LogP contribution is 2.33. The molecule has 0 bridgehead atoms. The first-order valence-corrected chi connectivity index (χ1v) is 10.3. The van der Waals surface area contributed by atoms with Crippen LogP contribution in [0.4, 0.5) is 0 Å². The third kappa shape index (κ3) is 3.35. The maximum atomic E-state index is 13.1. The van der Waals surface area contributed by atoms with Crippen LogP contribution in [0.1, 0.15) is 41.4 Å². The molecule has 1 N–H and O–H groups in total. The summed E-state index contributed by atoms with van der Waals surface area (Å²) < 4.78 is 5.90. The van der Waals surface area contributed by atoms with Crippen LogP contribution in [0.5, 0.6) is 5.75 Å². The number of carbonyl (C=O) groups is 1. The van der Waals surface area contributed by atoms with Gasteiger partial charge in [-0.25, -0.2) is 9.97 Å². The first-order valence-electron chi connectivity index (χ1n) is 9.96. The van der Waals surface area contributed by atoms with Crippen molar-refractivity contribution >= 4 is 17.5 Å². The zero-order valence-corrected chi connectivity index (χ0v) is 16.4. The van der Waals surface area contributed by atoms with Crippen LogP contribution >= 0.6 is 11.6 Å². The SMILES string of the molecule is O=C([C@@H]1Cc2cc(Cl)ccc2O1)N1CCC[C@@H](c2ncc3c(n2)CCNC3)C1. The highest BCUT2D eigenvalue weighted by molar-refractivity contribution is 6.30. The Balaban J connectivity index is 1.29. The summed E-state index contributed by atoms with van der Waals surface area (Å²) >= 11 is 6.07. The first kappa shape index (κ1) is 17.9. The van der Waals surface area contributed by atoms with Crippen LogP contribution in [-0.2, 0) is 24.2 Å². The molecule has 0 aliphatic carbocycles. The molecular formula is C21H23ClN4O2. The molecule has 0 saturated carbocycles. The van der Waals surface area contributed by atoms with Gasteiger partial charge in [0.2, 0.25) is 0 Å². The first-order chi connectivity index (χ1) is 13.7. The number of amides is 1. The summed E-state index contributed by atoms with van der Waals surface area (Å²) in [5, 5.41) is 4.02. The molecule has 146 valence electrons. The summed E-state index contributed by atoms with van der Waals surface area (Å²) in [5.74, 6) is 1.89. The number of benzene rings is 1. The Morgan fingerprint density at radius 2 is 2.25 bits per heavy atom. The Labute approximate surface area is 169 Å². The van der Waals surface area contributed by atoms with Crippen LogP contribution in [0.25, 0.3) is 0 Å². The van der Waals surface area contributed by atoms with Crippen LogP contribution in [0.3, 0.4) is 0 Å². The number of rotatable bonds is 2. The van der Waals surface area contributed by atoms with Crippen LogP contribution < -0.4 is 10.1 Å². The molecule has 1 aromatic carbocycles. The monoisotopic (exact) mass is 398 g/mol. The third-order valence-corrected chi connectivity index (χ3v) is 6.13. The fourth-order valence-corrected chi connectivity index (χ4v) is 4.59. The van der Waals surface area contributed by atoms with Gasteiger partial charge in [-0.15, -0.1) is 0 Å². The number of carbonyl (C=O) groups excluding carboxylic acids is 1. The molecule has 0 unspecified atom stereocenters. The number of aromatic nitrogens is 2. The van der Waals surface area contributed by atoms with Gasteiger partial charge in [0.25, 0.3) is 5.91 Å². The van der Waals surface area contributed by atoms with Gasteiger partial charge in [0, 0.05) is 67.4 Å². The second-order valence-electron chi connectivity index (χ2n) is 7.81. The minimum atomic E-state index is -0.456. The average molecular weight is 399 g/mol. The minimum absolute atomic E-state index is 0.0548. The lowest BCUT2D eigenvalue weighted by Gasteiger charge is -2.33. The zero-order valence-electron chi connectivity index (χ0n) is 15.7. The number of nitrogens with zero attached hydrogens (tertiary/aromatic N) is 3. The van der Waals surface area contributed by atoms with Crippen molar-refractivity contribution in [3.8, 4) is 5.75 Å². The highest BCUT2D eigenvalue weighted by atomic mass is 35.5.